The minimum absolute atomic E-state index is 0.439. The molecule has 142 valence electrons. The van der Waals surface area contributed by atoms with E-state index in [0.29, 0.717) is 29.4 Å². The first kappa shape index (κ1) is 17.7. The molecule has 1 N–H and O–H groups in total. The molecular formula is C21H23NO5. The summed E-state index contributed by atoms with van der Waals surface area (Å²) in [6, 6.07) is 14.5. The van der Waals surface area contributed by atoms with Crippen molar-refractivity contribution in [1.82, 2.24) is 4.90 Å². The summed E-state index contributed by atoms with van der Waals surface area (Å²) in [5, 5.41) is 9.65. The van der Waals surface area contributed by atoms with Crippen LogP contribution in [-0.4, -0.2) is 48.3 Å². The second-order valence-corrected chi connectivity index (χ2v) is 6.80. The van der Waals surface area contributed by atoms with E-state index in [1.807, 2.05) is 30.3 Å². The van der Waals surface area contributed by atoms with E-state index >= 15 is 0 Å². The normalized spacial score (nSPS) is 21.8. The van der Waals surface area contributed by atoms with Crippen molar-refractivity contribution in [3.05, 3.63) is 54.1 Å². The van der Waals surface area contributed by atoms with Gasteiger partial charge in [-0.25, -0.2) is 4.79 Å². The molecule has 2 aliphatic heterocycles. The molecule has 4 rings (SSSR count). The van der Waals surface area contributed by atoms with Gasteiger partial charge in [-0.1, -0.05) is 30.3 Å². The average Bonchev–Trinajstić information content (AvgIpc) is 3.21. The van der Waals surface area contributed by atoms with Gasteiger partial charge in [0.25, 0.3) is 0 Å². The molecule has 0 saturated carbocycles. The monoisotopic (exact) mass is 369 g/mol. The number of carboxylic acids is 1. The number of hydrogen-bond acceptors (Lipinski definition) is 5. The molecule has 2 aromatic rings. The van der Waals surface area contributed by atoms with Gasteiger partial charge in [0.2, 0.25) is 6.10 Å². The summed E-state index contributed by atoms with van der Waals surface area (Å²) >= 11 is 0. The Labute approximate surface area is 158 Å². The lowest BCUT2D eigenvalue weighted by Gasteiger charge is -2.32. The third kappa shape index (κ3) is 3.85. The molecule has 0 spiro atoms. The van der Waals surface area contributed by atoms with Crippen LogP contribution in [0.15, 0.2) is 48.5 Å². The molecule has 0 aliphatic carbocycles. The number of para-hydroxylation sites is 3. The van der Waals surface area contributed by atoms with E-state index < -0.39 is 18.2 Å². The maximum absolute atomic E-state index is 11.8. The lowest BCUT2D eigenvalue weighted by molar-refractivity contribution is -0.151. The van der Waals surface area contributed by atoms with Crippen LogP contribution < -0.4 is 14.2 Å². The molecule has 2 atom stereocenters. The summed E-state index contributed by atoms with van der Waals surface area (Å²) in [5.41, 5.74) is 0.681. The van der Waals surface area contributed by atoms with Crippen molar-refractivity contribution in [2.75, 3.05) is 26.2 Å². The largest absolute Gasteiger partial charge is 0.492 e. The van der Waals surface area contributed by atoms with Gasteiger partial charge in [0.1, 0.15) is 12.4 Å². The molecule has 2 aromatic carbocycles. The van der Waals surface area contributed by atoms with E-state index in [1.165, 1.54) is 12.8 Å². The van der Waals surface area contributed by atoms with Crippen molar-refractivity contribution in [2.24, 2.45) is 0 Å². The first-order valence-corrected chi connectivity index (χ1v) is 9.31. The van der Waals surface area contributed by atoms with Crippen LogP contribution in [-0.2, 0) is 4.79 Å². The summed E-state index contributed by atoms with van der Waals surface area (Å²) in [6.45, 7) is 3.64. The number of fused-ring (bicyclic) bond motifs is 1. The fourth-order valence-corrected chi connectivity index (χ4v) is 3.59. The van der Waals surface area contributed by atoms with Gasteiger partial charge in [0.15, 0.2) is 17.6 Å². The van der Waals surface area contributed by atoms with Gasteiger partial charge in [-0.3, -0.25) is 4.90 Å². The minimum Gasteiger partial charge on any atom is -0.492 e. The third-order valence-electron chi connectivity index (χ3n) is 4.96. The van der Waals surface area contributed by atoms with Crippen LogP contribution in [0.4, 0.5) is 0 Å². The smallest absolute Gasteiger partial charge is 0.349 e. The fourth-order valence-electron chi connectivity index (χ4n) is 3.59. The number of aliphatic carboxylic acids is 1. The zero-order chi connectivity index (χ0) is 18.6. The summed E-state index contributed by atoms with van der Waals surface area (Å²) in [6.07, 6.45) is 0.566. The third-order valence-corrected chi connectivity index (χ3v) is 4.96. The van der Waals surface area contributed by atoms with Gasteiger partial charge in [-0.2, -0.15) is 0 Å². The Hall–Kier alpha value is -2.73. The van der Waals surface area contributed by atoms with Crippen molar-refractivity contribution < 1.29 is 24.1 Å². The molecule has 1 fully saturated rings. The molecule has 27 heavy (non-hydrogen) atoms. The van der Waals surface area contributed by atoms with Crippen molar-refractivity contribution in [3.8, 4) is 17.2 Å². The van der Waals surface area contributed by atoms with Crippen LogP contribution in [0.1, 0.15) is 24.5 Å². The molecule has 0 aromatic heterocycles. The highest BCUT2D eigenvalue weighted by atomic mass is 16.6. The summed E-state index contributed by atoms with van der Waals surface area (Å²) in [4.78, 5) is 14.2. The summed E-state index contributed by atoms with van der Waals surface area (Å²) < 4.78 is 17.7. The molecule has 2 aliphatic rings. The summed E-state index contributed by atoms with van der Waals surface area (Å²) in [5.74, 6) is 0.540. The Kier molecular flexibility index (Phi) is 5.16. The number of ether oxygens (including phenoxy) is 3. The van der Waals surface area contributed by atoms with Gasteiger partial charge in [0, 0.05) is 12.1 Å². The highest BCUT2D eigenvalue weighted by Gasteiger charge is 2.39. The Morgan fingerprint density at radius 2 is 1.70 bits per heavy atom. The number of rotatable bonds is 6. The average molecular weight is 369 g/mol. The van der Waals surface area contributed by atoms with Gasteiger partial charge in [-0.05, 0) is 44.1 Å². The van der Waals surface area contributed by atoms with Gasteiger partial charge < -0.3 is 19.3 Å². The minimum atomic E-state index is -1.14. The highest BCUT2D eigenvalue weighted by molar-refractivity contribution is 5.75. The van der Waals surface area contributed by atoms with E-state index in [-0.39, 0.29) is 0 Å². The van der Waals surface area contributed by atoms with Gasteiger partial charge in [0.05, 0.1) is 0 Å². The summed E-state index contributed by atoms with van der Waals surface area (Å²) in [7, 11) is 0. The van der Waals surface area contributed by atoms with E-state index in [1.54, 1.807) is 18.2 Å². The van der Waals surface area contributed by atoms with Gasteiger partial charge in [-0.15, -0.1) is 0 Å². The topological polar surface area (TPSA) is 68.2 Å². The van der Waals surface area contributed by atoms with E-state index in [0.717, 1.165) is 19.6 Å². The van der Waals surface area contributed by atoms with Crippen LogP contribution in [0.2, 0.25) is 0 Å². The molecule has 1 saturated heterocycles. The predicted molar refractivity (Wildman–Crippen MR) is 99.5 cm³/mol. The fraction of sp³-hybridized carbons (Fsp3) is 0.381. The second-order valence-electron chi connectivity index (χ2n) is 6.80. The first-order valence-electron chi connectivity index (χ1n) is 9.31. The molecule has 0 bridgehead atoms. The number of likely N-dealkylation sites (tertiary alicyclic amines) is 1. The van der Waals surface area contributed by atoms with Crippen molar-refractivity contribution in [2.45, 2.75) is 25.0 Å². The van der Waals surface area contributed by atoms with Crippen LogP contribution in [0.3, 0.4) is 0 Å². The van der Waals surface area contributed by atoms with E-state index in [2.05, 4.69) is 4.90 Å². The highest BCUT2D eigenvalue weighted by Crippen LogP contribution is 2.41. The number of hydrogen-bond donors (Lipinski definition) is 1. The molecule has 2 unspecified atom stereocenters. The maximum atomic E-state index is 11.8. The molecule has 6 heteroatoms. The predicted octanol–water partition coefficient (Wildman–Crippen LogP) is 3.13. The molecule has 0 amide bonds. The lowest BCUT2D eigenvalue weighted by Crippen LogP contribution is -2.39. The zero-order valence-electron chi connectivity index (χ0n) is 15.0. The standard InChI is InChI=1S/C21H23NO5/c23-21(24)20-19(26-17-9-3-4-10-18(17)27-20)15-7-1-2-8-16(15)25-14-13-22-11-5-6-12-22/h1-4,7-10,19-20H,5-6,11-14H2,(H,23,24). The van der Waals surface area contributed by atoms with Crippen molar-refractivity contribution in [1.29, 1.82) is 0 Å². The zero-order valence-corrected chi connectivity index (χ0v) is 15.0. The number of carbonyl (C=O) groups is 1. The van der Waals surface area contributed by atoms with Crippen LogP contribution >= 0.6 is 0 Å². The van der Waals surface area contributed by atoms with Crippen LogP contribution in [0.5, 0.6) is 17.2 Å². The quantitative estimate of drug-likeness (QED) is 0.844. The molecular weight excluding hydrogens is 346 g/mol. The molecule has 0 radical (unpaired) electrons. The second kappa shape index (κ2) is 7.88. The Morgan fingerprint density at radius 1 is 1.04 bits per heavy atom. The van der Waals surface area contributed by atoms with Gasteiger partial charge >= 0.3 is 5.97 Å². The Bertz CT molecular complexity index is 803. The van der Waals surface area contributed by atoms with Crippen molar-refractivity contribution in [3.63, 3.8) is 0 Å². The van der Waals surface area contributed by atoms with Crippen LogP contribution in [0.25, 0.3) is 0 Å². The van der Waals surface area contributed by atoms with Crippen molar-refractivity contribution >= 4 is 5.97 Å². The molecule has 6 nitrogen and oxygen atoms in total. The first-order chi connectivity index (χ1) is 13.2. The lowest BCUT2D eigenvalue weighted by atomic mass is 10.0. The number of carboxylic acid groups (broad SMARTS) is 1. The Balaban J connectivity index is 1.55. The number of nitrogens with zero attached hydrogens (tertiary/aromatic N) is 1. The Morgan fingerprint density at radius 3 is 2.44 bits per heavy atom. The van der Waals surface area contributed by atoms with E-state index in [4.69, 9.17) is 14.2 Å². The molecule has 2 heterocycles. The SMILES string of the molecule is O=C(O)C1Oc2ccccc2OC1c1ccccc1OCCN1CCCC1. The maximum Gasteiger partial charge on any atom is 0.349 e. The number of benzene rings is 2. The van der Waals surface area contributed by atoms with Crippen LogP contribution in [0, 0.1) is 0 Å². The van der Waals surface area contributed by atoms with E-state index in [9.17, 15) is 9.90 Å².